The molecule has 2 heterocycles. The Labute approximate surface area is 229 Å². The number of allylic oxidation sites excluding steroid dienone is 1. The minimum atomic E-state index is -0.396. The molecule has 0 radical (unpaired) electrons. The lowest BCUT2D eigenvalue weighted by Crippen LogP contribution is -2.38. The number of terminal acetylenes is 1. The van der Waals surface area contributed by atoms with Crippen LogP contribution in [0.15, 0.2) is 88.2 Å². The van der Waals surface area contributed by atoms with E-state index in [0.29, 0.717) is 20.6 Å². The number of rotatable bonds is 5. The third-order valence-corrected chi connectivity index (χ3v) is 8.00. The van der Waals surface area contributed by atoms with Gasteiger partial charge in [-0.1, -0.05) is 65.8 Å². The van der Waals surface area contributed by atoms with Crippen LogP contribution in [0.2, 0.25) is 0 Å². The fourth-order valence-electron chi connectivity index (χ4n) is 5.18. The highest BCUT2D eigenvalue weighted by Crippen LogP contribution is 2.41. The number of ether oxygens (including phenoxy) is 2. The Morgan fingerprint density at radius 1 is 1.10 bits per heavy atom. The fourth-order valence-corrected chi connectivity index (χ4v) is 6.18. The quantitative estimate of drug-likeness (QED) is 0.287. The van der Waals surface area contributed by atoms with E-state index >= 15 is 0 Å². The average molecular weight is 533 g/mol. The standard InChI is InChI=1S/C32H24N2O4S/c1-3-18-38-24-15-8-20(9-16-24)19-27-30(35)34-29(22-10-12-23(13-11-22)31(36)37-2)26-17-14-21-6-4-5-7-25(21)28(26)33-32(34)39-27/h1,4-13,15-16,19,29H,14,17-18H2,2H3. The fraction of sp³-hybridized carbons (Fsp3) is 0.156. The van der Waals surface area contributed by atoms with Gasteiger partial charge in [0.25, 0.3) is 5.56 Å². The number of aryl methyl sites for hydroxylation is 1. The number of hydrogen-bond acceptors (Lipinski definition) is 6. The van der Waals surface area contributed by atoms with Crippen molar-refractivity contribution >= 4 is 29.1 Å². The Morgan fingerprint density at radius 3 is 2.62 bits per heavy atom. The van der Waals surface area contributed by atoms with E-state index in [9.17, 15) is 9.59 Å². The molecule has 0 spiro atoms. The Bertz CT molecular complexity index is 1840. The summed E-state index contributed by atoms with van der Waals surface area (Å²) in [5.74, 6) is 2.73. The molecule has 6 rings (SSSR count). The van der Waals surface area contributed by atoms with E-state index in [4.69, 9.17) is 20.9 Å². The molecule has 0 N–H and O–H groups in total. The van der Waals surface area contributed by atoms with Gasteiger partial charge in [-0.15, -0.1) is 6.42 Å². The SMILES string of the molecule is C#CCOc1ccc(C=c2sc3n(c2=O)C(c2ccc(C(=O)OC)cc2)C2=C(N=3)c3ccccc3CC2)cc1. The number of benzene rings is 3. The van der Waals surface area contributed by atoms with E-state index in [2.05, 4.69) is 18.1 Å². The molecule has 0 amide bonds. The predicted molar refractivity (Wildman–Crippen MR) is 151 cm³/mol. The minimum absolute atomic E-state index is 0.0983. The van der Waals surface area contributed by atoms with E-state index in [1.807, 2.05) is 54.6 Å². The van der Waals surface area contributed by atoms with Gasteiger partial charge in [-0.2, -0.15) is 0 Å². The smallest absolute Gasteiger partial charge is 0.337 e. The van der Waals surface area contributed by atoms with Crippen LogP contribution in [0.3, 0.4) is 0 Å². The third-order valence-electron chi connectivity index (χ3n) is 7.02. The number of aromatic nitrogens is 1. The van der Waals surface area contributed by atoms with E-state index in [0.717, 1.165) is 40.8 Å². The van der Waals surface area contributed by atoms with E-state index in [-0.39, 0.29) is 18.2 Å². The molecular weight excluding hydrogens is 508 g/mol. The number of thiazole rings is 1. The van der Waals surface area contributed by atoms with Crippen molar-refractivity contribution in [2.45, 2.75) is 18.9 Å². The Balaban J connectivity index is 1.51. The highest BCUT2D eigenvalue weighted by molar-refractivity contribution is 7.07. The maximum Gasteiger partial charge on any atom is 0.337 e. The van der Waals surface area contributed by atoms with Crippen LogP contribution in [-0.4, -0.2) is 24.3 Å². The highest BCUT2D eigenvalue weighted by Gasteiger charge is 2.32. The van der Waals surface area contributed by atoms with Crippen molar-refractivity contribution in [1.82, 2.24) is 4.57 Å². The summed E-state index contributed by atoms with van der Waals surface area (Å²) >= 11 is 1.38. The normalized spacial score (nSPS) is 15.9. The zero-order chi connectivity index (χ0) is 26.9. The van der Waals surface area contributed by atoms with Crippen LogP contribution in [-0.2, 0) is 11.2 Å². The van der Waals surface area contributed by atoms with Gasteiger partial charge in [0.2, 0.25) is 0 Å². The van der Waals surface area contributed by atoms with Crippen molar-refractivity contribution in [1.29, 1.82) is 0 Å². The monoisotopic (exact) mass is 532 g/mol. The van der Waals surface area contributed by atoms with Crippen molar-refractivity contribution in [3.05, 3.63) is 126 Å². The van der Waals surface area contributed by atoms with Gasteiger partial charge in [-0.3, -0.25) is 9.36 Å². The molecule has 192 valence electrons. The lowest BCUT2D eigenvalue weighted by atomic mass is 9.83. The first-order valence-corrected chi connectivity index (χ1v) is 13.4. The molecule has 3 aromatic carbocycles. The Hall–Kier alpha value is -4.67. The number of carbonyl (C=O) groups is 1. The molecule has 0 saturated carbocycles. The number of fused-ring (bicyclic) bond motifs is 3. The van der Waals surface area contributed by atoms with Crippen LogP contribution >= 0.6 is 11.3 Å². The van der Waals surface area contributed by atoms with Crippen molar-refractivity contribution in [2.75, 3.05) is 13.7 Å². The first kappa shape index (κ1) is 24.7. The molecule has 7 heteroatoms. The molecule has 0 bridgehead atoms. The van der Waals surface area contributed by atoms with E-state index in [1.165, 1.54) is 24.0 Å². The third kappa shape index (κ3) is 4.49. The molecule has 0 saturated heterocycles. The molecule has 1 aliphatic heterocycles. The molecule has 4 aromatic rings. The number of esters is 1. The molecule has 1 atom stereocenters. The second kappa shape index (κ2) is 10.2. The number of methoxy groups -OCH3 is 1. The van der Waals surface area contributed by atoms with Gasteiger partial charge in [0.1, 0.15) is 12.4 Å². The van der Waals surface area contributed by atoms with E-state index in [1.54, 1.807) is 16.7 Å². The summed E-state index contributed by atoms with van der Waals surface area (Å²) in [6.45, 7) is 0.201. The average Bonchev–Trinajstić information content (AvgIpc) is 3.29. The first-order chi connectivity index (χ1) is 19.1. The Morgan fingerprint density at radius 2 is 1.87 bits per heavy atom. The van der Waals surface area contributed by atoms with Crippen LogP contribution in [0, 0.1) is 12.3 Å². The van der Waals surface area contributed by atoms with E-state index < -0.39 is 5.97 Å². The summed E-state index contributed by atoms with van der Waals surface area (Å²) in [6.07, 6.45) is 8.82. The lowest BCUT2D eigenvalue weighted by molar-refractivity contribution is 0.0600. The Kier molecular flexibility index (Phi) is 6.47. The van der Waals surface area contributed by atoms with Crippen molar-refractivity contribution < 1.29 is 14.3 Å². The zero-order valence-electron chi connectivity index (χ0n) is 21.2. The summed E-state index contributed by atoms with van der Waals surface area (Å²) in [5.41, 5.74) is 6.57. The molecular formula is C32H24N2O4S. The van der Waals surface area contributed by atoms with Crippen LogP contribution < -0.4 is 19.6 Å². The first-order valence-electron chi connectivity index (χ1n) is 12.5. The number of hydrogen-bond donors (Lipinski definition) is 0. The van der Waals surface area contributed by atoms with Gasteiger partial charge < -0.3 is 9.47 Å². The summed E-state index contributed by atoms with van der Waals surface area (Å²) in [4.78, 5) is 31.6. The molecule has 1 aliphatic carbocycles. The second-order valence-corrected chi connectivity index (χ2v) is 10.3. The van der Waals surface area contributed by atoms with Crippen LogP contribution in [0.4, 0.5) is 0 Å². The maximum absolute atomic E-state index is 13.9. The molecule has 1 unspecified atom stereocenters. The molecule has 0 fully saturated rings. The van der Waals surface area contributed by atoms with Gasteiger partial charge in [-0.25, -0.2) is 9.79 Å². The molecule has 1 aromatic heterocycles. The molecule has 39 heavy (non-hydrogen) atoms. The largest absolute Gasteiger partial charge is 0.481 e. The van der Waals surface area contributed by atoms with Crippen molar-refractivity contribution in [3.63, 3.8) is 0 Å². The zero-order valence-corrected chi connectivity index (χ0v) is 22.0. The topological polar surface area (TPSA) is 69.9 Å². The van der Waals surface area contributed by atoms with Gasteiger partial charge in [0.15, 0.2) is 4.80 Å². The minimum Gasteiger partial charge on any atom is -0.481 e. The van der Waals surface area contributed by atoms with Crippen LogP contribution in [0.25, 0.3) is 11.8 Å². The summed E-state index contributed by atoms with van der Waals surface area (Å²) in [5, 5.41) is 0. The lowest BCUT2D eigenvalue weighted by Gasteiger charge is -2.30. The van der Waals surface area contributed by atoms with Crippen molar-refractivity contribution in [2.24, 2.45) is 4.99 Å². The summed E-state index contributed by atoms with van der Waals surface area (Å²) in [7, 11) is 1.36. The van der Waals surface area contributed by atoms with Crippen LogP contribution in [0.1, 0.15) is 45.1 Å². The molecule has 6 nitrogen and oxygen atoms in total. The maximum atomic E-state index is 13.9. The molecule has 2 aliphatic rings. The number of carbonyl (C=O) groups excluding carboxylic acids is 1. The van der Waals surface area contributed by atoms with Gasteiger partial charge in [0, 0.05) is 5.56 Å². The van der Waals surface area contributed by atoms with Gasteiger partial charge in [0.05, 0.1) is 28.9 Å². The highest BCUT2D eigenvalue weighted by atomic mass is 32.1. The predicted octanol–water partition coefficient (Wildman–Crippen LogP) is 4.12. The second-order valence-electron chi connectivity index (χ2n) is 9.29. The van der Waals surface area contributed by atoms with Gasteiger partial charge >= 0.3 is 5.97 Å². The summed E-state index contributed by atoms with van der Waals surface area (Å²) in [6, 6.07) is 22.8. The van der Waals surface area contributed by atoms with Crippen molar-refractivity contribution in [3.8, 4) is 18.1 Å². The summed E-state index contributed by atoms with van der Waals surface area (Å²) < 4.78 is 12.7. The van der Waals surface area contributed by atoms with Crippen LogP contribution in [0.5, 0.6) is 5.75 Å². The number of nitrogens with zero attached hydrogens (tertiary/aromatic N) is 2. The van der Waals surface area contributed by atoms with Gasteiger partial charge in [-0.05, 0) is 65.4 Å².